The van der Waals surface area contributed by atoms with Crippen molar-refractivity contribution in [1.29, 1.82) is 0 Å². The molecule has 0 radical (unpaired) electrons. The summed E-state index contributed by atoms with van der Waals surface area (Å²) in [6.45, 7) is 9.40. The largest absolute Gasteiger partial charge is 0.444 e. The molecule has 2 aliphatic rings. The summed E-state index contributed by atoms with van der Waals surface area (Å²) in [7, 11) is 0. The summed E-state index contributed by atoms with van der Waals surface area (Å²) in [6.07, 6.45) is 7.16. The second kappa shape index (κ2) is 4.75. The zero-order valence-electron chi connectivity index (χ0n) is 13.4. The molecule has 1 atom stereocenters. The van der Waals surface area contributed by atoms with Gasteiger partial charge in [0.05, 0.1) is 6.33 Å². The fourth-order valence-electron chi connectivity index (χ4n) is 3.07. The van der Waals surface area contributed by atoms with Gasteiger partial charge in [-0.1, -0.05) is 6.92 Å². The molecule has 1 aliphatic heterocycles. The average Bonchev–Trinajstić information content (AvgIpc) is 2.94. The van der Waals surface area contributed by atoms with Crippen LogP contribution in [0.15, 0.2) is 12.5 Å². The van der Waals surface area contributed by atoms with Crippen molar-refractivity contribution in [2.24, 2.45) is 0 Å². The summed E-state index contributed by atoms with van der Waals surface area (Å²) in [5.41, 5.74) is 0.804. The third-order valence-electron chi connectivity index (χ3n) is 4.35. The van der Waals surface area contributed by atoms with Crippen molar-refractivity contribution in [3.05, 3.63) is 18.2 Å². The molecule has 1 amide bonds. The van der Waals surface area contributed by atoms with E-state index in [-0.39, 0.29) is 11.5 Å². The molecule has 5 heteroatoms. The first-order chi connectivity index (χ1) is 9.78. The molecule has 1 saturated carbocycles. The molecule has 21 heavy (non-hydrogen) atoms. The molecule has 0 aromatic carbocycles. The highest BCUT2D eigenvalue weighted by Gasteiger charge is 2.42. The highest BCUT2D eigenvalue weighted by atomic mass is 16.6. The van der Waals surface area contributed by atoms with E-state index in [2.05, 4.69) is 16.5 Å². The highest BCUT2D eigenvalue weighted by Crippen LogP contribution is 2.41. The van der Waals surface area contributed by atoms with Crippen LogP contribution in [0.3, 0.4) is 0 Å². The molecule has 116 valence electrons. The molecule has 1 unspecified atom stereocenters. The van der Waals surface area contributed by atoms with Crippen LogP contribution in [0.5, 0.6) is 0 Å². The molecule has 1 saturated heterocycles. The molecule has 2 fully saturated rings. The fourth-order valence-corrected chi connectivity index (χ4v) is 3.07. The van der Waals surface area contributed by atoms with E-state index in [1.54, 1.807) is 0 Å². The molecule has 0 spiro atoms. The summed E-state index contributed by atoms with van der Waals surface area (Å²) in [6, 6.07) is 0.620. The Hall–Kier alpha value is -1.52. The third kappa shape index (κ3) is 2.92. The smallest absolute Gasteiger partial charge is 0.410 e. The second-order valence-electron chi connectivity index (χ2n) is 7.63. The highest BCUT2D eigenvalue weighted by molar-refractivity contribution is 5.68. The topological polar surface area (TPSA) is 47.4 Å². The van der Waals surface area contributed by atoms with E-state index in [0.717, 1.165) is 13.0 Å². The summed E-state index contributed by atoms with van der Waals surface area (Å²) in [5, 5.41) is 0. The van der Waals surface area contributed by atoms with Crippen molar-refractivity contribution in [2.45, 2.75) is 64.0 Å². The maximum Gasteiger partial charge on any atom is 0.410 e. The Morgan fingerprint density at radius 2 is 2.14 bits per heavy atom. The zero-order valence-corrected chi connectivity index (χ0v) is 13.4. The van der Waals surface area contributed by atoms with Crippen LogP contribution in [-0.2, 0) is 10.2 Å². The lowest BCUT2D eigenvalue weighted by Gasteiger charge is -2.27. The van der Waals surface area contributed by atoms with E-state index in [1.807, 2.05) is 38.2 Å². The van der Waals surface area contributed by atoms with Crippen LogP contribution < -0.4 is 0 Å². The zero-order chi connectivity index (χ0) is 15.3. The number of aromatic nitrogens is 2. The molecular weight excluding hydrogens is 266 g/mol. The summed E-state index contributed by atoms with van der Waals surface area (Å²) < 4.78 is 7.79. The monoisotopic (exact) mass is 291 g/mol. The first-order valence-corrected chi connectivity index (χ1v) is 7.79. The molecule has 3 rings (SSSR count). The second-order valence-corrected chi connectivity index (χ2v) is 7.63. The van der Waals surface area contributed by atoms with E-state index in [0.29, 0.717) is 12.6 Å². The molecule has 0 bridgehead atoms. The van der Waals surface area contributed by atoms with E-state index >= 15 is 0 Å². The number of amides is 1. The van der Waals surface area contributed by atoms with Crippen LogP contribution in [0, 0.1) is 0 Å². The number of hydrogen-bond acceptors (Lipinski definition) is 3. The van der Waals surface area contributed by atoms with Crippen molar-refractivity contribution in [3.63, 3.8) is 0 Å². The molecule has 5 nitrogen and oxygen atoms in total. The number of ether oxygens (including phenoxy) is 1. The Morgan fingerprint density at radius 1 is 1.43 bits per heavy atom. The fraction of sp³-hybridized carbons (Fsp3) is 0.750. The number of imidazole rings is 1. The van der Waals surface area contributed by atoms with Crippen molar-refractivity contribution < 1.29 is 9.53 Å². The van der Waals surface area contributed by atoms with Gasteiger partial charge in [0.15, 0.2) is 0 Å². The van der Waals surface area contributed by atoms with Gasteiger partial charge < -0.3 is 14.2 Å². The summed E-state index contributed by atoms with van der Waals surface area (Å²) in [5.74, 6) is 0. The first kappa shape index (κ1) is 14.4. The van der Waals surface area contributed by atoms with Gasteiger partial charge in [0.1, 0.15) is 5.60 Å². The van der Waals surface area contributed by atoms with Crippen LogP contribution in [0.4, 0.5) is 4.79 Å². The van der Waals surface area contributed by atoms with Gasteiger partial charge in [-0.15, -0.1) is 0 Å². The number of carbonyl (C=O) groups is 1. The van der Waals surface area contributed by atoms with Gasteiger partial charge in [0.25, 0.3) is 0 Å². The average molecular weight is 291 g/mol. The van der Waals surface area contributed by atoms with Crippen LogP contribution in [0.2, 0.25) is 0 Å². The number of likely N-dealkylation sites (tertiary alicyclic amines) is 1. The minimum absolute atomic E-state index is 0.0179. The van der Waals surface area contributed by atoms with Crippen molar-refractivity contribution >= 4 is 6.09 Å². The van der Waals surface area contributed by atoms with Gasteiger partial charge in [0.2, 0.25) is 0 Å². The van der Waals surface area contributed by atoms with Gasteiger partial charge >= 0.3 is 6.09 Å². The maximum atomic E-state index is 12.2. The lowest BCUT2D eigenvalue weighted by Crippen LogP contribution is -2.37. The minimum atomic E-state index is -0.439. The van der Waals surface area contributed by atoms with Crippen LogP contribution >= 0.6 is 0 Å². The predicted octanol–water partition coefficient (Wildman–Crippen LogP) is 3.12. The predicted molar refractivity (Wildman–Crippen MR) is 80.3 cm³/mol. The molecule has 2 heterocycles. The third-order valence-corrected chi connectivity index (χ3v) is 4.35. The SMILES string of the molecule is CC(C)(C)OC(=O)N1CCC(C)(c2cncn2C2CC2)C1. The molecule has 0 N–H and O–H groups in total. The number of rotatable bonds is 2. The van der Waals surface area contributed by atoms with Gasteiger partial charge in [-0.05, 0) is 40.0 Å². The Bertz CT molecular complexity index is 542. The van der Waals surface area contributed by atoms with Gasteiger partial charge in [-0.3, -0.25) is 0 Å². The van der Waals surface area contributed by atoms with Gasteiger partial charge in [-0.2, -0.15) is 0 Å². The Morgan fingerprint density at radius 3 is 2.76 bits per heavy atom. The molecular formula is C16H25N3O2. The van der Waals surface area contributed by atoms with Crippen LogP contribution in [0.1, 0.15) is 58.7 Å². The van der Waals surface area contributed by atoms with E-state index in [4.69, 9.17) is 4.74 Å². The number of carbonyl (C=O) groups excluding carboxylic acids is 1. The molecule has 1 aliphatic carbocycles. The Kier molecular flexibility index (Phi) is 3.26. The first-order valence-electron chi connectivity index (χ1n) is 7.79. The number of nitrogens with zero attached hydrogens (tertiary/aromatic N) is 3. The molecule has 1 aromatic heterocycles. The molecule has 1 aromatic rings. The van der Waals surface area contributed by atoms with Crippen molar-refractivity contribution in [3.8, 4) is 0 Å². The van der Waals surface area contributed by atoms with Crippen molar-refractivity contribution in [1.82, 2.24) is 14.5 Å². The Balaban J connectivity index is 1.73. The van der Waals surface area contributed by atoms with Gasteiger partial charge in [-0.25, -0.2) is 9.78 Å². The van der Waals surface area contributed by atoms with Crippen LogP contribution in [-0.4, -0.2) is 39.2 Å². The van der Waals surface area contributed by atoms with Crippen molar-refractivity contribution in [2.75, 3.05) is 13.1 Å². The minimum Gasteiger partial charge on any atom is -0.444 e. The quantitative estimate of drug-likeness (QED) is 0.841. The lowest BCUT2D eigenvalue weighted by molar-refractivity contribution is 0.0285. The van der Waals surface area contributed by atoms with E-state index in [9.17, 15) is 4.79 Å². The normalized spacial score (nSPS) is 26.2. The van der Waals surface area contributed by atoms with Gasteiger partial charge in [0, 0.05) is 36.4 Å². The van der Waals surface area contributed by atoms with E-state index < -0.39 is 5.60 Å². The maximum absolute atomic E-state index is 12.2. The lowest BCUT2D eigenvalue weighted by atomic mass is 9.86. The summed E-state index contributed by atoms with van der Waals surface area (Å²) >= 11 is 0. The summed E-state index contributed by atoms with van der Waals surface area (Å²) in [4.78, 5) is 18.4. The van der Waals surface area contributed by atoms with Crippen LogP contribution in [0.25, 0.3) is 0 Å². The number of hydrogen-bond donors (Lipinski definition) is 0. The Labute approximate surface area is 126 Å². The standard InChI is InChI=1S/C16H25N3O2/c1-15(2,3)21-14(20)18-8-7-16(4,10-18)13-9-17-11-19(13)12-5-6-12/h9,11-12H,5-8,10H2,1-4H3. The van der Waals surface area contributed by atoms with E-state index in [1.165, 1.54) is 18.5 Å².